The largest absolute Gasteiger partial charge is 0.462 e. The van der Waals surface area contributed by atoms with Crippen LogP contribution in [-0.2, 0) is 26.7 Å². The normalized spacial score (nSPS) is 15.3. The van der Waals surface area contributed by atoms with E-state index in [0.29, 0.717) is 27.5 Å². The summed E-state index contributed by atoms with van der Waals surface area (Å²) >= 11 is 1.09. The van der Waals surface area contributed by atoms with Gasteiger partial charge in [-0.2, -0.15) is 0 Å². The fourth-order valence-electron chi connectivity index (χ4n) is 2.90. The lowest BCUT2D eigenvalue weighted by Crippen LogP contribution is -2.20. The molecule has 0 bridgehead atoms. The molecular formula is C16H18N2O6S2. The number of hydrogen-bond acceptors (Lipinski definition) is 8. The first-order valence-electron chi connectivity index (χ1n) is 7.99. The maximum absolute atomic E-state index is 12.6. The summed E-state index contributed by atoms with van der Waals surface area (Å²) in [4.78, 5) is 25.6. The first-order chi connectivity index (χ1) is 12.2. The molecule has 0 spiro atoms. The van der Waals surface area contributed by atoms with Gasteiger partial charge in [0.2, 0.25) is 0 Å². The summed E-state index contributed by atoms with van der Waals surface area (Å²) in [5, 5.41) is 6.74. The van der Waals surface area contributed by atoms with E-state index in [1.165, 1.54) is 0 Å². The van der Waals surface area contributed by atoms with Crippen LogP contribution in [-0.4, -0.2) is 37.8 Å². The van der Waals surface area contributed by atoms with Crippen molar-refractivity contribution >= 4 is 38.1 Å². The van der Waals surface area contributed by atoms with Crippen molar-refractivity contribution in [2.45, 2.75) is 32.9 Å². The van der Waals surface area contributed by atoms with Crippen molar-refractivity contribution < 1.29 is 27.3 Å². The lowest BCUT2D eigenvalue weighted by Gasteiger charge is -2.13. The molecule has 0 saturated heterocycles. The number of rotatable bonds is 4. The van der Waals surface area contributed by atoms with Crippen LogP contribution in [0.3, 0.4) is 0 Å². The minimum atomic E-state index is -3.20. The fraction of sp³-hybridized carbons (Fsp3) is 0.438. The summed E-state index contributed by atoms with van der Waals surface area (Å²) in [5.41, 5.74) is 1.60. The number of carbonyl (C=O) groups excluding carboxylic acids is 2. The van der Waals surface area contributed by atoms with E-state index in [-0.39, 0.29) is 35.1 Å². The molecule has 0 radical (unpaired) electrons. The molecule has 0 fully saturated rings. The summed E-state index contributed by atoms with van der Waals surface area (Å²) in [6, 6.07) is 0. The summed E-state index contributed by atoms with van der Waals surface area (Å²) < 4.78 is 33.9. The number of aryl methyl sites for hydroxylation is 2. The molecule has 2 aromatic heterocycles. The lowest BCUT2D eigenvalue weighted by atomic mass is 10.1. The van der Waals surface area contributed by atoms with Gasteiger partial charge < -0.3 is 14.6 Å². The zero-order valence-corrected chi connectivity index (χ0v) is 16.2. The van der Waals surface area contributed by atoms with E-state index in [1.807, 2.05) is 0 Å². The van der Waals surface area contributed by atoms with Crippen molar-refractivity contribution in [3.8, 4) is 0 Å². The Morgan fingerprint density at radius 1 is 1.31 bits per heavy atom. The second-order valence-corrected chi connectivity index (χ2v) is 9.21. The number of amides is 1. The third-order valence-electron chi connectivity index (χ3n) is 4.07. The summed E-state index contributed by atoms with van der Waals surface area (Å²) in [7, 11) is -3.20. The van der Waals surface area contributed by atoms with Crippen molar-refractivity contribution in [3.05, 3.63) is 33.0 Å². The number of nitrogens with zero attached hydrogens (tertiary/aromatic N) is 1. The van der Waals surface area contributed by atoms with Gasteiger partial charge in [-0.25, -0.2) is 13.2 Å². The number of sulfone groups is 1. The third kappa shape index (κ3) is 3.38. The number of esters is 1. The average Bonchev–Trinajstić information content (AvgIpc) is 3.05. The molecule has 2 aromatic rings. The molecule has 3 rings (SSSR count). The number of hydrogen-bond donors (Lipinski definition) is 1. The maximum atomic E-state index is 12.6. The van der Waals surface area contributed by atoms with E-state index in [9.17, 15) is 18.0 Å². The first-order valence-corrected chi connectivity index (χ1v) is 10.6. The predicted molar refractivity (Wildman–Crippen MR) is 95.4 cm³/mol. The zero-order valence-electron chi connectivity index (χ0n) is 14.5. The van der Waals surface area contributed by atoms with Crippen LogP contribution in [0.4, 0.5) is 5.00 Å². The highest BCUT2D eigenvalue weighted by atomic mass is 32.2. The van der Waals surface area contributed by atoms with Gasteiger partial charge in [-0.05, 0) is 32.8 Å². The lowest BCUT2D eigenvalue weighted by molar-refractivity contribution is 0.0527. The standard InChI is InChI=1S/C16H18N2O6S2/c1-4-23-16(20)13-10-5-6-26(21,22)7-11(10)25-15(13)17-14(19)12-8(2)18-24-9(12)3/h4-7H2,1-3H3,(H,17,19). The molecule has 0 aromatic carbocycles. The van der Waals surface area contributed by atoms with Gasteiger partial charge in [0.1, 0.15) is 16.3 Å². The van der Waals surface area contributed by atoms with Gasteiger partial charge in [-0.3, -0.25) is 4.79 Å². The second kappa shape index (κ2) is 6.84. The van der Waals surface area contributed by atoms with Crippen LogP contribution in [0.25, 0.3) is 0 Å². The van der Waals surface area contributed by atoms with Crippen LogP contribution >= 0.6 is 11.3 Å². The third-order valence-corrected chi connectivity index (χ3v) is 6.96. The number of fused-ring (bicyclic) bond motifs is 1. The van der Waals surface area contributed by atoms with Gasteiger partial charge in [-0.15, -0.1) is 11.3 Å². The minimum Gasteiger partial charge on any atom is -0.462 e. The number of aromatic nitrogens is 1. The Hall–Kier alpha value is -2.20. The molecule has 1 N–H and O–H groups in total. The van der Waals surface area contributed by atoms with Crippen molar-refractivity contribution in [1.82, 2.24) is 5.16 Å². The minimum absolute atomic E-state index is 0.0274. The van der Waals surface area contributed by atoms with Crippen LogP contribution in [0, 0.1) is 13.8 Å². The van der Waals surface area contributed by atoms with Gasteiger partial charge in [0, 0.05) is 4.88 Å². The number of carbonyl (C=O) groups is 2. The molecule has 0 unspecified atom stereocenters. The van der Waals surface area contributed by atoms with Gasteiger partial charge in [0.05, 0.1) is 29.4 Å². The maximum Gasteiger partial charge on any atom is 0.341 e. The Bertz CT molecular complexity index is 967. The molecule has 10 heteroatoms. The van der Waals surface area contributed by atoms with E-state index in [1.54, 1.807) is 20.8 Å². The quantitative estimate of drug-likeness (QED) is 0.785. The Labute approximate surface area is 154 Å². The molecule has 0 atom stereocenters. The van der Waals surface area contributed by atoms with Gasteiger partial charge in [0.25, 0.3) is 5.91 Å². The Kier molecular flexibility index (Phi) is 4.89. The van der Waals surface area contributed by atoms with Crippen molar-refractivity contribution in [2.24, 2.45) is 0 Å². The summed E-state index contributed by atoms with van der Waals surface area (Å²) in [6.45, 7) is 5.12. The molecular weight excluding hydrogens is 380 g/mol. The van der Waals surface area contributed by atoms with E-state index < -0.39 is 21.7 Å². The smallest absolute Gasteiger partial charge is 0.341 e. The predicted octanol–water partition coefficient (Wildman–Crippen LogP) is 2.25. The summed E-state index contributed by atoms with van der Waals surface area (Å²) in [6.07, 6.45) is 0.226. The van der Waals surface area contributed by atoms with Crippen molar-refractivity contribution in [2.75, 3.05) is 17.7 Å². The monoisotopic (exact) mass is 398 g/mol. The van der Waals surface area contributed by atoms with Gasteiger partial charge in [0.15, 0.2) is 9.84 Å². The van der Waals surface area contributed by atoms with Crippen LogP contribution in [0.15, 0.2) is 4.52 Å². The molecule has 8 nitrogen and oxygen atoms in total. The SMILES string of the molecule is CCOC(=O)c1c(NC(=O)c2c(C)noc2C)sc2c1CCS(=O)(=O)C2. The van der Waals surface area contributed by atoms with Crippen LogP contribution in [0.5, 0.6) is 0 Å². The first kappa shape index (κ1) is 18.6. The average molecular weight is 398 g/mol. The number of ether oxygens (including phenoxy) is 1. The highest BCUT2D eigenvalue weighted by Gasteiger charge is 2.32. The topological polar surface area (TPSA) is 116 Å². The molecule has 26 heavy (non-hydrogen) atoms. The highest BCUT2D eigenvalue weighted by molar-refractivity contribution is 7.90. The highest BCUT2D eigenvalue weighted by Crippen LogP contribution is 2.38. The molecule has 1 amide bonds. The molecule has 0 aliphatic carbocycles. The van der Waals surface area contributed by atoms with E-state index in [4.69, 9.17) is 9.26 Å². The Balaban J connectivity index is 2.02. The van der Waals surface area contributed by atoms with Gasteiger partial charge in [-0.1, -0.05) is 5.16 Å². The van der Waals surface area contributed by atoms with Crippen molar-refractivity contribution in [3.63, 3.8) is 0 Å². The molecule has 140 valence electrons. The van der Waals surface area contributed by atoms with E-state index in [2.05, 4.69) is 10.5 Å². The van der Waals surface area contributed by atoms with Crippen LogP contribution in [0.2, 0.25) is 0 Å². The Morgan fingerprint density at radius 2 is 2.04 bits per heavy atom. The van der Waals surface area contributed by atoms with Crippen LogP contribution in [0.1, 0.15) is 49.5 Å². The molecule has 1 aliphatic heterocycles. The number of thiophene rings is 1. The second-order valence-electron chi connectivity index (χ2n) is 5.92. The molecule has 3 heterocycles. The van der Waals surface area contributed by atoms with E-state index >= 15 is 0 Å². The zero-order chi connectivity index (χ0) is 19.1. The molecule has 1 aliphatic rings. The Morgan fingerprint density at radius 3 is 2.65 bits per heavy atom. The van der Waals surface area contributed by atoms with Crippen LogP contribution < -0.4 is 5.32 Å². The summed E-state index contributed by atoms with van der Waals surface area (Å²) in [5.74, 6) is -0.839. The number of anilines is 1. The van der Waals surface area contributed by atoms with E-state index in [0.717, 1.165) is 11.3 Å². The number of nitrogens with one attached hydrogen (secondary N) is 1. The fourth-order valence-corrected chi connectivity index (χ4v) is 5.94. The molecule has 0 saturated carbocycles. The van der Waals surface area contributed by atoms with Gasteiger partial charge >= 0.3 is 5.97 Å². The van der Waals surface area contributed by atoms with Crippen molar-refractivity contribution in [1.29, 1.82) is 0 Å².